The van der Waals surface area contributed by atoms with Crippen molar-refractivity contribution in [3.63, 3.8) is 0 Å². The second-order valence-corrected chi connectivity index (χ2v) is 5.39. The first-order chi connectivity index (χ1) is 8.17. The van der Waals surface area contributed by atoms with Gasteiger partial charge in [0.05, 0.1) is 11.2 Å². The van der Waals surface area contributed by atoms with Gasteiger partial charge in [-0.2, -0.15) is 0 Å². The molecule has 1 N–H and O–H groups in total. The van der Waals surface area contributed by atoms with E-state index in [1.54, 1.807) is 11.3 Å². The van der Waals surface area contributed by atoms with E-state index < -0.39 is 0 Å². The third-order valence-electron chi connectivity index (χ3n) is 3.12. The summed E-state index contributed by atoms with van der Waals surface area (Å²) in [5, 5.41) is 3.58. The van der Waals surface area contributed by atoms with Crippen LogP contribution in [0.15, 0.2) is 5.51 Å². The quantitative estimate of drug-likeness (QED) is 0.772. The number of hydrogen-bond donors (Lipinski definition) is 1. The van der Waals surface area contributed by atoms with E-state index in [-0.39, 0.29) is 0 Å². The van der Waals surface area contributed by atoms with Gasteiger partial charge in [0.15, 0.2) is 0 Å². The van der Waals surface area contributed by atoms with Crippen molar-refractivity contribution in [1.82, 2.24) is 15.2 Å². The second-order valence-electron chi connectivity index (χ2n) is 4.45. The minimum Gasteiger partial charge on any atom is -0.313 e. The highest BCUT2D eigenvalue weighted by Crippen LogP contribution is 2.11. The third-order valence-corrected chi connectivity index (χ3v) is 4.11. The van der Waals surface area contributed by atoms with Crippen LogP contribution in [0.2, 0.25) is 0 Å². The van der Waals surface area contributed by atoms with Gasteiger partial charge in [-0.05, 0) is 33.4 Å². The molecule has 1 unspecified atom stereocenters. The van der Waals surface area contributed by atoms with E-state index in [0.29, 0.717) is 6.04 Å². The maximum atomic E-state index is 4.27. The minimum atomic E-state index is 0.558. The zero-order valence-corrected chi connectivity index (χ0v) is 12.3. The molecule has 0 bridgehead atoms. The van der Waals surface area contributed by atoms with Crippen LogP contribution in [0.4, 0.5) is 0 Å². The molecule has 98 valence electrons. The molecule has 0 aromatic carbocycles. The Hall–Kier alpha value is -0.450. The molecule has 0 radical (unpaired) electrons. The Balaban J connectivity index is 2.20. The van der Waals surface area contributed by atoms with Crippen LogP contribution in [0.25, 0.3) is 0 Å². The summed E-state index contributed by atoms with van der Waals surface area (Å²) in [5.41, 5.74) is 3.12. The fraction of sp³-hybridized carbons (Fsp3) is 0.769. The summed E-state index contributed by atoms with van der Waals surface area (Å²) in [7, 11) is 0. The summed E-state index contributed by atoms with van der Waals surface area (Å²) in [6, 6.07) is 0.558. The highest BCUT2D eigenvalue weighted by atomic mass is 32.1. The largest absolute Gasteiger partial charge is 0.313 e. The summed E-state index contributed by atoms with van der Waals surface area (Å²) in [6.07, 6.45) is 1.10. The van der Waals surface area contributed by atoms with Crippen LogP contribution in [0.3, 0.4) is 0 Å². The van der Waals surface area contributed by atoms with E-state index in [1.165, 1.54) is 10.6 Å². The van der Waals surface area contributed by atoms with E-state index in [0.717, 1.165) is 32.6 Å². The van der Waals surface area contributed by atoms with Crippen molar-refractivity contribution < 1.29 is 0 Å². The van der Waals surface area contributed by atoms with Crippen molar-refractivity contribution >= 4 is 11.3 Å². The molecular weight excluding hydrogens is 230 g/mol. The number of aryl methyl sites for hydroxylation is 1. The molecule has 0 aliphatic carbocycles. The summed E-state index contributed by atoms with van der Waals surface area (Å²) in [5.74, 6) is 0. The number of rotatable bonds is 8. The molecular formula is C13H25N3S. The first-order valence-corrected chi connectivity index (χ1v) is 7.40. The molecule has 0 aliphatic heterocycles. The maximum absolute atomic E-state index is 4.27. The lowest BCUT2D eigenvalue weighted by Crippen LogP contribution is -2.39. The Morgan fingerprint density at radius 2 is 2.12 bits per heavy atom. The monoisotopic (exact) mass is 255 g/mol. The molecule has 1 aromatic rings. The minimum absolute atomic E-state index is 0.558. The molecule has 1 atom stereocenters. The molecule has 0 saturated carbocycles. The summed E-state index contributed by atoms with van der Waals surface area (Å²) < 4.78 is 0. The van der Waals surface area contributed by atoms with Gasteiger partial charge in [0.2, 0.25) is 0 Å². The standard InChI is InChI=1S/C13H25N3S/c1-5-16(6-2)9-11(3)14-8-7-13-12(4)15-10-17-13/h10-11,14H,5-9H2,1-4H3. The molecule has 1 heterocycles. The molecule has 0 fully saturated rings. The number of likely N-dealkylation sites (N-methyl/N-ethyl adjacent to an activating group) is 1. The highest BCUT2D eigenvalue weighted by molar-refractivity contribution is 7.09. The molecule has 17 heavy (non-hydrogen) atoms. The average molecular weight is 255 g/mol. The van der Waals surface area contributed by atoms with Crippen molar-refractivity contribution in [2.75, 3.05) is 26.2 Å². The lowest BCUT2D eigenvalue weighted by molar-refractivity contribution is 0.272. The average Bonchev–Trinajstić information content (AvgIpc) is 2.72. The van der Waals surface area contributed by atoms with Gasteiger partial charge >= 0.3 is 0 Å². The van der Waals surface area contributed by atoms with Crippen LogP contribution in [-0.4, -0.2) is 42.1 Å². The number of nitrogens with one attached hydrogen (secondary N) is 1. The smallest absolute Gasteiger partial charge is 0.0797 e. The topological polar surface area (TPSA) is 28.2 Å². The van der Waals surface area contributed by atoms with Crippen LogP contribution in [0.1, 0.15) is 31.3 Å². The second kappa shape index (κ2) is 7.80. The molecule has 0 amide bonds. The fourth-order valence-corrected chi connectivity index (χ4v) is 2.71. The Morgan fingerprint density at radius 3 is 2.65 bits per heavy atom. The summed E-state index contributed by atoms with van der Waals surface area (Å²) in [4.78, 5) is 8.14. The van der Waals surface area contributed by atoms with Crippen molar-refractivity contribution in [3.05, 3.63) is 16.1 Å². The van der Waals surface area contributed by atoms with Crippen molar-refractivity contribution in [2.45, 2.75) is 40.2 Å². The van der Waals surface area contributed by atoms with Crippen LogP contribution in [0, 0.1) is 6.92 Å². The van der Waals surface area contributed by atoms with E-state index in [1.807, 2.05) is 5.51 Å². The number of thiazole rings is 1. The van der Waals surface area contributed by atoms with Crippen LogP contribution in [0.5, 0.6) is 0 Å². The van der Waals surface area contributed by atoms with Crippen LogP contribution < -0.4 is 5.32 Å². The zero-order valence-electron chi connectivity index (χ0n) is 11.5. The van der Waals surface area contributed by atoms with E-state index in [2.05, 4.69) is 42.9 Å². The molecule has 3 nitrogen and oxygen atoms in total. The molecule has 0 saturated heterocycles. The highest BCUT2D eigenvalue weighted by Gasteiger charge is 2.07. The van der Waals surface area contributed by atoms with Gasteiger partial charge < -0.3 is 10.2 Å². The van der Waals surface area contributed by atoms with Gasteiger partial charge in [0.1, 0.15) is 0 Å². The van der Waals surface area contributed by atoms with E-state index in [4.69, 9.17) is 0 Å². The Bertz CT molecular complexity index is 307. The predicted octanol–water partition coefficient (Wildman–Crippen LogP) is 2.31. The van der Waals surface area contributed by atoms with Crippen molar-refractivity contribution in [2.24, 2.45) is 0 Å². The third kappa shape index (κ3) is 5.15. The van der Waals surface area contributed by atoms with Gasteiger partial charge in [-0.1, -0.05) is 13.8 Å². The number of hydrogen-bond acceptors (Lipinski definition) is 4. The fourth-order valence-electron chi connectivity index (χ4n) is 1.93. The van der Waals surface area contributed by atoms with E-state index >= 15 is 0 Å². The van der Waals surface area contributed by atoms with E-state index in [9.17, 15) is 0 Å². The molecule has 1 rings (SSSR count). The Morgan fingerprint density at radius 1 is 1.41 bits per heavy atom. The Labute approximate surface area is 109 Å². The molecule has 0 spiro atoms. The van der Waals surface area contributed by atoms with Gasteiger partial charge in [0.25, 0.3) is 0 Å². The molecule has 4 heteroatoms. The van der Waals surface area contributed by atoms with Gasteiger partial charge in [-0.3, -0.25) is 0 Å². The SMILES string of the molecule is CCN(CC)CC(C)NCCc1scnc1C. The van der Waals surface area contributed by atoms with Gasteiger partial charge in [-0.25, -0.2) is 4.98 Å². The first-order valence-electron chi connectivity index (χ1n) is 6.52. The lowest BCUT2D eigenvalue weighted by Gasteiger charge is -2.23. The Kier molecular flexibility index (Phi) is 6.70. The normalized spacial score (nSPS) is 13.2. The summed E-state index contributed by atoms with van der Waals surface area (Å²) in [6.45, 7) is 13.2. The summed E-state index contributed by atoms with van der Waals surface area (Å²) >= 11 is 1.76. The number of nitrogens with zero attached hydrogens (tertiary/aromatic N) is 2. The van der Waals surface area contributed by atoms with Crippen molar-refractivity contribution in [3.8, 4) is 0 Å². The van der Waals surface area contributed by atoms with Gasteiger partial charge in [-0.15, -0.1) is 11.3 Å². The van der Waals surface area contributed by atoms with Crippen LogP contribution in [-0.2, 0) is 6.42 Å². The van der Waals surface area contributed by atoms with Gasteiger partial charge in [0, 0.05) is 24.0 Å². The predicted molar refractivity (Wildman–Crippen MR) is 75.8 cm³/mol. The first kappa shape index (κ1) is 14.6. The zero-order chi connectivity index (χ0) is 12.7. The van der Waals surface area contributed by atoms with Crippen molar-refractivity contribution in [1.29, 1.82) is 0 Å². The molecule has 1 aromatic heterocycles. The lowest BCUT2D eigenvalue weighted by atomic mass is 10.2. The maximum Gasteiger partial charge on any atom is 0.0797 e. The number of aromatic nitrogens is 1. The van der Waals surface area contributed by atoms with Crippen LogP contribution >= 0.6 is 11.3 Å². The molecule has 0 aliphatic rings.